The third-order valence-corrected chi connectivity index (χ3v) is 1.28. The fraction of sp³-hybridized carbons (Fsp3) is 0.250. The molecule has 0 amide bonds. The zero-order valence-corrected chi connectivity index (χ0v) is 6.70. The first-order chi connectivity index (χ1) is 5.86. The maximum Gasteiger partial charge on any atom is 0.223 e. The van der Waals surface area contributed by atoms with E-state index in [1.54, 1.807) is 18.3 Å². The standard InChI is InChI=1S/C8H11N3O/c1-2-4-9-8-10-5-3-7(6-12)11-8/h2-3,5,12H,1,4,6H2,(H,9,10,11). The van der Waals surface area contributed by atoms with Gasteiger partial charge in [-0.25, -0.2) is 9.97 Å². The molecule has 1 aromatic rings. The normalized spacial score (nSPS) is 9.42. The van der Waals surface area contributed by atoms with Gasteiger partial charge in [0, 0.05) is 12.7 Å². The van der Waals surface area contributed by atoms with Crippen molar-refractivity contribution in [2.24, 2.45) is 0 Å². The van der Waals surface area contributed by atoms with Crippen LogP contribution in [0.25, 0.3) is 0 Å². The van der Waals surface area contributed by atoms with Gasteiger partial charge >= 0.3 is 0 Å². The monoisotopic (exact) mass is 165 g/mol. The van der Waals surface area contributed by atoms with Crippen molar-refractivity contribution in [2.75, 3.05) is 11.9 Å². The van der Waals surface area contributed by atoms with Gasteiger partial charge in [-0.3, -0.25) is 0 Å². The van der Waals surface area contributed by atoms with Gasteiger partial charge in [0.05, 0.1) is 12.3 Å². The molecule has 0 spiro atoms. The molecule has 1 heterocycles. The Morgan fingerprint density at radius 2 is 2.50 bits per heavy atom. The first kappa shape index (κ1) is 8.67. The third-order valence-electron chi connectivity index (χ3n) is 1.28. The summed E-state index contributed by atoms with van der Waals surface area (Å²) in [6.07, 6.45) is 3.32. The quantitative estimate of drug-likeness (QED) is 0.640. The Bertz CT molecular complexity index is 262. The van der Waals surface area contributed by atoms with Crippen molar-refractivity contribution in [1.82, 2.24) is 9.97 Å². The lowest BCUT2D eigenvalue weighted by Crippen LogP contribution is -2.04. The molecule has 0 radical (unpaired) electrons. The van der Waals surface area contributed by atoms with E-state index < -0.39 is 0 Å². The average Bonchev–Trinajstić information content (AvgIpc) is 2.15. The molecule has 0 aliphatic carbocycles. The summed E-state index contributed by atoms with van der Waals surface area (Å²) in [6.45, 7) is 4.11. The van der Waals surface area contributed by atoms with E-state index in [2.05, 4.69) is 21.9 Å². The number of aromatic nitrogens is 2. The first-order valence-electron chi connectivity index (χ1n) is 3.64. The maximum atomic E-state index is 8.75. The fourth-order valence-corrected chi connectivity index (χ4v) is 0.733. The van der Waals surface area contributed by atoms with E-state index in [1.165, 1.54) is 0 Å². The van der Waals surface area contributed by atoms with Gasteiger partial charge in [0.1, 0.15) is 0 Å². The van der Waals surface area contributed by atoms with Crippen LogP contribution in [0, 0.1) is 0 Å². The Hall–Kier alpha value is -1.42. The van der Waals surface area contributed by atoms with Gasteiger partial charge in [-0.2, -0.15) is 0 Å². The average molecular weight is 165 g/mol. The molecule has 0 unspecified atom stereocenters. The number of nitrogens with zero attached hydrogens (tertiary/aromatic N) is 2. The molecule has 0 bridgehead atoms. The van der Waals surface area contributed by atoms with Gasteiger partial charge in [-0.05, 0) is 6.07 Å². The van der Waals surface area contributed by atoms with E-state index in [4.69, 9.17) is 5.11 Å². The number of hydrogen-bond acceptors (Lipinski definition) is 4. The molecule has 4 nitrogen and oxygen atoms in total. The molecule has 0 aromatic carbocycles. The van der Waals surface area contributed by atoms with Crippen molar-refractivity contribution in [3.63, 3.8) is 0 Å². The van der Waals surface area contributed by atoms with Crippen LogP contribution in [0.3, 0.4) is 0 Å². The molecule has 1 rings (SSSR count). The van der Waals surface area contributed by atoms with Crippen molar-refractivity contribution in [1.29, 1.82) is 0 Å². The summed E-state index contributed by atoms with van der Waals surface area (Å²) in [5, 5.41) is 11.7. The largest absolute Gasteiger partial charge is 0.390 e. The second-order valence-electron chi connectivity index (χ2n) is 2.20. The highest BCUT2D eigenvalue weighted by molar-refractivity contribution is 5.25. The van der Waals surface area contributed by atoms with Gasteiger partial charge in [0.15, 0.2) is 0 Å². The summed E-state index contributed by atoms with van der Waals surface area (Å²) in [6, 6.07) is 1.67. The molecular weight excluding hydrogens is 154 g/mol. The predicted octanol–water partition coefficient (Wildman–Crippen LogP) is 0.567. The smallest absolute Gasteiger partial charge is 0.223 e. The van der Waals surface area contributed by atoms with Crippen molar-refractivity contribution in [3.05, 3.63) is 30.6 Å². The Morgan fingerprint density at radius 3 is 3.17 bits per heavy atom. The van der Waals surface area contributed by atoms with Crippen LogP contribution in [0.4, 0.5) is 5.95 Å². The number of aliphatic hydroxyl groups is 1. The number of nitrogens with one attached hydrogen (secondary N) is 1. The molecule has 0 aliphatic rings. The molecule has 12 heavy (non-hydrogen) atoms. The molecule has 0 aliphatic heterocycles. The van der Waals surface area contributed by atoms with Crippen LogP contribution in [0.1, 0.15) is 5.69 Å². The van der Waals surface area contributed by atoms with Gasteiger partial charge in [0.25, 0.3) is 0 Å². The van der Waals surface area contributed by atoms with E-state index in [1.807, 2.05) is 0 Å². The molecule has 4 heteroatoms. The minimum Gasteiger partial charge on any atom is -0.390 e. The van der Waals surface area contributed by atoms with Crippen LogP contribution in [-0.2, 0) is 6.61 Å². The van der Waals surface area contributed by atoms with E-state index in [0.29, 0.717) is 18.2 Å². The molecular formula is C8H11N3O. The first-order valence-corrected chi connectivity index (χ1v) is 3.64. The van der Waals surface area contributed by atoms with E-state index in [9.17, 15) is 0 Å². The molecule has 0 saturated heterocycles. The number of hydrogen-bond donors (Lipinski definition) is 2. The predicted molar refractivity (Wildman–Crippen MR) is 46.6 cm³/mol. The van der Waals surface area contributed by atoms with Crippen molar-refractivity contribution >= 4 is 5.95 Å². The van der Waals surface area contributed by atoms with E-state index >= 15 is 0 Å². The summed E-state index contributed by atoms with van der Waals surface area (Å²) in [5.74, 6) is 0.515. The Balaban J connectivity index is 2.65. The Morgan fingerprint density at radius 1 is 1.67 bits per heavy atom. The maximum absolute atomic E-state index is 8.75. The zero-order chi connectivity index (χ0) is 8.81. The van der Waals surface area contributed by atoms with Gasteiger partial charge in [0.2, 0.25) is 5.95 Å². The van der Waals surface area contributed by atoms with Crippen LogP contribution in [0.2, 0.25) is 0 Å². The summed E-state index contributed by atoms with van der Waals surface area (Å²) in [5.41, 5.74) is 0.608. The van der Waals surface area contributed by atoms with Crippen LogP contribution < -0.4 is 5.32 Å². The number of anilines is 1. The lowest BCUT2D eigenvalue weighted by atomic mass is 10.4. The molecule has 2 N–H and O–H groups in total. The van der Waals surface area contributed by atoms with E-state index in [-0.39, 0.29) is 6.61 Å². The van der Waals surface area contributed by atoms with Crippen molar-refractivity contribution in [2.45, 2.75) is 6.61 Å². The highest BCUT2D eigenvalue weighted by Gasteiger charge is 1.94. The second kappa shape index (κ2) is 4.46. The molecule has 1 aromatic heterocycles. The molecule has 0 fully saturated rings. The highest BCUT2D eigenvalue weighted by atomic mass is 16.3. The topological polar surface area (TPSA) is 58.0 Å². The summed E-state index contributed by atoms with van der Waals surface area (Å²) in [7, 11) is 0. The molecule has 0 saturated carbocycles. The second-order valence-corrected chi connectivity index (χ2v) is 2.20. The SMILES string of the molecule is C=CCNc1nccc(CO)n1. The zero-order valence-electron chi connectivity index (χ0n) is 6.70. The highest BCUT2D eigenvalue weighted by Crippen LogP contribution is 1.99. The minimum atomic E-state index is -0.0642. The Labute approximate surface area is 71.0 Å². The summed E-state index contributed by atoms with van der Waals surface area (Å²) >= 11 is 0. The van der Waals surface area contributed by atoms with Crippen LogP contribution >= 0.6 is 0 Å². The van der Waals surface area contributed by atoms with Gasteiger partial charge < -0.3 is 10.4 Å². The molecule has 0 atom stereocenters. The third kappa shape index (κ3) is 2.32. The minimum absolute atomic E-state index is 0.0642. The lowest BCUT2D eigenvalue weighted by molar-refractivity contribution is 0.277. The van der Waals surface area contributed by atoms with Crippen LogP contribution in [0.15, 0.2) is 24.9 Å². The van der Waals surface area contributed by atoms with Crippen LogP contribution in [-0.4, -0.2) is 21.6 Å². The fourth-order valence-electron chi connectivity index (χ4n) is 0.733. The Kier molecular flexibility index (Phi) is 3.22. The lowest BCUT2D eigenvalue weighted by Gasteiger charge is -2.01. The van der Waals surface area contributed by atoms with Crippen LogP contribution in [0.5, 0.6) is 0 Å². The van der Waals surface area contributed by atoms with E-state index in [0.717, 1.165) is 0 Å². The summed E-state index contributed by atoms with van der Waals surface area (Å²) < 4.78 is 0. The number of aliphatic hydroxyl groups excluding tert-OH is 1. The van der Waals surface area contributed by atoms with Gasteiger partial charge in [-0.15, -0.1) is 6.58 Å². The molecule has 64 valence electrons. The van der Waals surface area contributed by atoms with Gasteiger partial charge in [-0.1, -0.05) is 6.08 Å². The van der Waals surface area contributed by atoms with Crippen molar-refractivity contribution < 1.29 is 5.11 Å². The van der Waals surface area contributed by atoms with Crippen molar-refractivity contribution in [3.8, 4) is 0 Å². The summed E-state index contributed by atoms with van der Waals surface area (Å²) in [4.78, 5) is 7.95. The number of rotatable bonds is 4.